The predicted octanol–water partition coefficient (Wildman–Crippen LogP) is 6.12. The Hall–Kier alpha value is -4.11. The summed E-state index contributed by atoms with van der Waals surface area (Å²) in [6.45, 7) is 4.27. The molecule has 3 aromatic carbocycles. The van der Waals surface area contributed by atoms with Gasteiger partial charge in [0.25, 0.3) is 5.56 Å². The van der Waals surface area contributed by atoms with Crippen molar-refractivity contribution in [1.29, 1.82) is 0 Å². The number of rotatable bonds is 7. The van der Waals surface area contributed by atoms with E-state index >= 15 is 0 Å². The summed E-state index contributed by atoms with van der Waals surface area (Å²) in [6.07, 6.45) is 3.91. The van der Waals surface area contributed by atoms with Crippen LogP contribution in [0.25, 0.3) is 17.0 Å². The number of methoxy groups -OCH3 is 1. The zero-order chi connectivity index (χ0) is 30.2. The van der Waals surface area contributed by atoms with Crippen LogP contribution in [0.4, 0.5) is 0 Å². The number of halogens is 2. The highest BCUT2D eigenvalue weighted by Crippen LogP contribution is 2.32. The molecule has 7 nitrogen and oxygen atoms in total. The third-order valence-electron chi connectivity index (χ3n) is 7.41. The van der Waals surface area contributed by atoms with Crippen LogP contribution in [0.15, 0.2) is 94.0 Å². The number of nitrogens with zero attached hydrogens (tertiary/aromatic N) is 3. The van der Waals surface area contributed by atoms with Gasteiger partial charge in [-0.15, -0.1) is 0 Å². The Balaban J connectivity index is 1.50. The van der Waals surface area contributed by atoms with E-state index in [9.17, 15) is 9.59 Å². The van der Waals surface area contributed by atoms with Gasteiger partial charge in [0.15, 0.2) is 4.80 Å². The van der Waals surface area contributed by atoms with Crippen molar-refractivity contribution in [2.24, 2.45) is 4.99 Å². The van der Waals surface area contributed by atoms with Crippen molar-refractivity contribution in [3.8, 4) is 5.75 Å². The lowest BCUT2D eigenvalue weighted by Crippen LogP contribution is -2.39. The maximum Gasteiger partial charge on any atom is 0.338 e. The van der Waals surface area contributed by atoms with E-state index in [-0.39, 0.29) is 12.2 Å². The summed E-state index contributed by atoms with van der Waals surface area (Å²) in [6, 6.07) is 20.1. The van der Waals surface area contributed by atoms with Gasteiger partial charge in [0.05, 0.1) is 35.6 Å². The lowest BCUT2D eigenvalue weighted by atomic mass is 9.96. The molecule has 1 aliphatic heterocycles. The van der Waals surface area contributed by atoms with E-state index in [0.717, 1.165) is 27.6 Å². The van der Waals surface area contributed by atoms with Crippen LogP contribution < -0.4 is 19.6 Å². The van der Waals surface area contributed by atoms with E-state index in [0.29, 0.717) is 42.9 Å². The molecule has 1 aliphatic rings. The minimum atomic E-state index is -0.697. The van der Waals surface area contributed by atoms with Crippen LogP contribution in [0.2, 0.25) is 10.0 Å². The molecule has 5 aromatic rings. The number of aromatic nitrogens is 2. The molecule has 0 amide bonds. The lowest BCUT2D eigenvalue weighted by molar-refractivity contribution is -0.139. The largest absolute Gasteiger partial charge is 0.497 e. The predicted molar refractivity (Wildman–Crippen MR) is 171 cm³/mol. The maximum atomic E-state index is 14.1. The van der Waals surface area contributed by atoms with Crippen molar-refractivity contribution in [3.63, 3.8) is 0 Å². The first-order valence-electron chi connectivity index (χ1n) is 13.6. The summed E-state index contributed by atoms with van der Waals surface area (Å²) in [7, 11) is 1.59. The molecule has 0 N–H and O–H groups in total. The number of hydrogen-bond acceptors (Lipinski definition) is 6. The van der Waals surface area contributed by atoms with Crippen LogP contribution in [0.1, 0.15) is 36.6 Å². The molecule has 1 atom stereocenters. The molecule has 0 bridgehead atoms. The van der Waals surface area contributed by atoms with Crippen molar-refractivity contribution in [3.05, 3.63) is 131 Å². The van der Waals surface area contributed by atoms with Crippen molar-refractivity contribution < 1.29 is 14.3 Å². The summed E-state index contributed by atoms with van der Waals surface area (Å²) in [5.74, 6) is 0.175. The zero-order valence-corrected chi connectivity index (χ0v) is 26.0. The molecule has 0 unspecified atom stereocenters. The number of allylic oxidation sites excluding steroid dienone is 1. The summed E-state index contributed by atoms with van der Waals surface area (Å²) in [5, 5.41) is 2.16. The SMILES string of the molecule is CCOC(=O)C1=C(C)N=c2s/c(=C\c3cn(Cc4ccc(Cl)cc4Cl)c4ccccc34)c(=O)n2[C@@H]1c1ccc(OC)cc1. The molecule has 0 spiro atoms. The number of fused-ring (bicyclic) bond motifs is 2. The highest BCUT2D eigenvalue weighted by atomic mass is 35.5. The molecule has 0 fully saturated rings. The number of hydrogen-bond donors (Lipinski definition) is 0. The van der Waals surface area contributed by atoms with Crippen LogP contribution in [0, 0.1) is 0 Å². The molecule has 0 aliphatic carbocycles. The Morgan fingerprint density at radius 1 is 1.09 bits per heavy atom. The van der Waals surface area contributed by atoms with E-state index in [1.807, 2.05) is 72.9 Å². The molecule has 10 heteroatoms. The molecule has 0 saturated carbocycles. The first-order valence-corrected chi connectivity index (χ1v) is 15.2. The van der Waals surface area contributed by atoms with E-state index in [1.54, 1.807) is 31.6 Å². The lowest BCUT2D eigenvalue weighted by Gasteiger charge is -2.24. The Kier molecular flexibility index (Phi) is 8.01. The van der Waals surface area contributed by atoms with Gasteiger partial charge in [-0.2, -0.15) is 0 Å². The highest BCUT2D eigenvalue weighted by Gasteiger charge is 2.33. The average Bonchev–Trinajstić information content (AvgIpc) is 3.50. The summed E-state index contributed by atoms with van der Waals surface area (Å²) < 4.78 is 14.9. The van der Waals surface area contributed by atoms with Crippen LogP contribution in [-0.2, 0) is 16.1 Å². The summed E-state index contributed by atoms with van der Waals surface area (Å²) >= 11 is 13.9. The molecule has 3 heterocycles. The van der Waals surface area contributed by atoms with E-state index in [4.69, 9.17) is 32.7 Å². The van der Waals surface area contributed by atoms with Gasteiger partial charge in [-0.25, -0.2) is 9.79 Å². The monoisotopic (exact) mass is 631 g/mol. The Morgan fingerprint density at radius 2 is 1.86 bits per heavy atom. The number of carbonyl (C=O) groups excluding carboxylic acids is 1. The third kappa shape index (κ3) is 5.42. The molecule has 43 heavy (non-hydrogen) atoms. The van der Waals surface area contributed by atoms with E-state index in [2.05, 4.69) is 9.56 Å². The van der Waals surface area contributed by atoms with Gasteiger partial charge >= 0.3 is 5.97 Å². The molecule has 218 valence electrons. The smallest absolute Gasteiger partial charge is 0.338 e. The Morgan fingerprint density at radius 3 is 2.58 bits per heavy atom. The first kappa shape index (κ1) is 29.0. The molecule has 0 saturated heterocycles. The number of carbonyl (C=O) groups is 1. The maximum absolute atomic E-state index is 14.1. The molecule has 2 aromatic heterocycles. The first-order chi connectivity index (χ1) is 20.8. The standard InChI is InChI=1S/C33H27Cl2N3O4S/c1-4-42-32(40)29-19(2)36-33-38(30(29)20-10-13-24(41-3)14-11-20)31(39)28(43-33)15-22-18-37(27-8-6-5-7-25(22)27)17-21-9-12-23(34)16-26(21)35/h5-16,18,30H,4,17H2,1-3H3/b28-15-/t30-/m1/s1. The van der Waals surface area contributed by atoms with Crippen LogP contribution in [-0.4, -0.2) is 28.8 Å². The average molecular weight is 633 g/mol. The van der Waals surface area contributed by atoms with Crippen molar-refractivity contribution in [1.82, 2.24) is 9.13 Å². The summed E-state index contributed by atoms with van der Waals surface area (Å²) in [4.78, 5) is 32.5. The Bertz CT molecular complexity index is 2090. The molecule has 6 rings (SSSR count). The van der Waals surface area contributed by atoms with Gasteiger partial charge in [0, 0.05) is 39.3 Å². The topological polar surface area (TPSA) is 74.8 Å². The van der Waals surface area contributed by atoms with Crippen LogP contribution in [0.3, 0.4) is 0 Å². The fourth-order valence-corrected chi connectivity index (χ4v) is 6.89. The van der Waals surface area contributed by atoms with E-state index in [1.165, 1.54) is 11.3 Å². The summed E-state index contributed by atoms with van der Waals surface area (Å²) in [5.41, 5.74) is 4.18. The number of ether oxygens (including phenoxy) is 2. The number of para-hydroxylation sites is 1. The van der Waals surface area contributed by atoms with Gasteiger partial charge in [-0.05, 0) is 61.4 Å². The van der Waals surface area contributed by atoms with Gasteiger partial charge in [-0.1, -0.05) is 70.9 Å². The minimum absolute atomic E-state index is 0.209. The van der Waals surface area contributed by atoms with Crippen LogP contribution >= 0.6 is 34.5 Å². The quantitative estimate of drug-likeness (QED) is 0.203. The molecule has 0 radical (unpaired) electrons. The van der Waals surface area contributed by atoms with E-state index < -0.39 is 12.0 Å². The normalized spacial score (nSPS) is 15.0. The van der Waals surface area contributed by atoms with Gasteiger partial charge in [0.2, 0.25) is 0 Å². The number of thiazole rings is 1. The zero-order valence-electron chi connectivity index (χ0n) is 23.6. The second-order valence-electron chi connectivity index (χ2n) is 10.0. The van der Waals surface area contributed by atoms with Gasteiger partial charge in [0.1, 0.15) is 5.75 Å². The number of esters is 1. The number of benzene rings is 3. The van der Waals surface area contributed by atoms with Gasteiger partial charge in [-0.3, -0.25) is 9.36 Å². The second kappa shape index (κ2) is 11.9. The van der Waals surface area contributed by atoms with Crippen molar-refractivity contribution in [2.75, 3.05) is 13.7 Å². The third-order valence-corrected chi connectivity index (χ3v) is 8.98. The minimum Gasteiger partial charge on any atom is -0.497 e. The van der Waals surface area contributed by atoms with Crippen LogP contribution in [0.5, 0.6) is 5.75 Å². The van der Waals surface area contributed by atoms with Crippen molar-refractivity contribution in [2.45, 2.75) is 26.4 Å². The molecular formula is C33H27Cl2N3O4S. The fourth-order valence-electron chi connectivity index (χ4n) is 5.39. The van der Waals surface area contributed by atoms with Gasteiger partial charge < -0.3 is 14.0 Å². The molecular weight excluding hydrogens is 605 g/mol. The second-order valence-corrected chi connectivity index (χ2v) is 11.9. The van der Waals surface area contributed by atoms with Crippen molar-refractivity contribution >= 4 is 57.5 Å². The Labute approximate surface area is 261 Å². The fraction of sp³-hybridized carbons (Fsp3) is 0.182. The highest BCUT2D eigenvalue weighted by molar-refractivity contribution is 7.07.